The first-order valence-corrected chi connectivity index (χ1v) is 1.84. The standard InChI is InChI=1S/C4H4O3/c5-3-1-2-4(6)7/h1-2H2/p+1. The van der Waals surface area contributed by atoms with E-state index in [1.807, 2.05) is 0 Å². The molecule has 0 radical (unpaired) electrons. The minimum atomic E-state index is -0.955. The first-order chi connectivity index (χ1) is 3.27. The minimum absolute atomic E-state index is 0.00463. The van der Waals surface area contributed by atoms with Gasteiger partial charge in [-0.25, -0.2) is 0 Å². The Labute approximate surface area is 41.0 Å². The summed E-state index contributed by atoms with van der Waals surface area (Å²) >= 11 is 0. The van der Waals surface area contributed by atoms with Gasteiger partial charge in [-0.3, -0.25) is 4.79 Å². The first-order valence-electron chi connectivity index (χ1n) is 1.84. The summed E-state index contributed by atoms with van der Waals surface area (Å²) in [6.45, 7) is 0. The molecule has 0 saturated carbocycles. The predicted molar refractivity (Wildman–Crippen MR) is 22.6 cm³/mol. The fourth-order valence-corrected chi connectivity index (χ4v) is 0.158. The molecule has 0 fully saturated rings. The molecule has 3 heteroatoms. The second-order valence-electron chi connectivity index (χ2n) is 1.04. The summed E-state index contributed by atoms with van der Waals surface area (Å²) in [5, 5.41) is 7.87. The van der Waals surface area contributed by atoms with Gasteiger partial charge < -0.3 is 5.11 Å². The number of carboxylic acids is 1. The molecule has 0 aromatic heterocycles. The molecule has 0 saturated heterocycles. The van der Waals surface area contributed by atoms with Gasteiger partial charge in [-0.1, -0.05) is 0 Å². The van der Waals surface area contributed by atoms with Crippen LogP contribution in [0.25, 0.3) is 0 Å². The second kappa shape index (κ2) is 3.25. The molecule has 38 valence electrons. The van der Waals surface area contributed by atoms with Crippen LogP contribution in [0, 0.1) is 0 Å². The monoisotopic (exact) mass is 101 g/mol. The third-order valence-corrected chi connectivity index (χ3v) is 0.441. The molecule has 7 heavy (non-hydrogen) atoms. The normalized spacial score (nSPS) is 7.43. The van der Waals surface area contributed by atoms with E-state index in [0.717, 1.165) is 0 Å². The maximum Gasteiger partial charge on any atom is 0.506 e. The zero-order valence-electron chi connectivity index (χ0n) is 3.68. The molecule has 0 amide bonds. The Morgan fingerprint density at radius 1 is 1.71 bits per heavy atom. The fraction of sp³-hybridized carbons (Fsp3) is 0.500. The first kappa shape index (κ1) is 6.05. The van der Waals surface area contributed by atoms with Gasteiger partial charge in [0.05, 0.1) is 0 Å². The molecule has 0 spiro atoms. The molecule has 0 aliphatic heterocycles. The van der Waals surface area contributed by atoms with Gasteiger partial charge in [-0.15, -0.1) is 0 Å². The number of hydrogen-bond acceptors (Lipinski definition) is 2. The Morgan fingerprint density at radius 2 is 2.29 bits per heavy atom. The van der Waals surface area contributed by atoms with Crippen LogP contribution in [0.1, 0.15) is 12.8 Å². The van der Waals surface area contributed by atoms with Crippen LogP contribution in [0.15, 0.2) is 0 Å². The summed E-state index contributed by atoms with van der Waals surface area (Å²) in [7, 11) is 0. The zero-order chi connectivity index (χ0) is 5.70. The van der Waals surface area contributed by atoms with Gasteiger partial charge in [0.15, 0.2) is 0 Å². The van der Waals surface area contributed by atoms with Crippen molar-refractivity contribution < 1.29 is 14.7 Å². The van der Waals surface area contributed by atoms with E-state index in [4.69, 9.17) is 5.11 Å². The Morgan fingerprint density at radius 3 is 2.43 bits per heavy atom. The molecular weight excluding hydrogens is 96.0 g/mol. The van der Waals surface area contributed by atoms with Crippen LogP contribution in [-0.4, -0.2) is 17.4 Å². The molecule has 3 nitrogen and oxygen atoms in total. The van der Waals surface area contributed by atoms with Crippen LogP contribution in [0.3, 0.4) is 0 Å². The third kappa shape index (κ3) is 5.05. The van der Waals surface area contributed by atoms with E-state index < -0.39 is 5.97 Å². The van der Waals surface area contributed by atoms with Crippen LogP contribution < -0.4 is 0 Å². The van der Waals surface area contributed by atoms with Gasteiger partial charge in [0.1, 0.15) is 6.42 Å². The maximum atomic E-state index is 9.58. The van der Waals surface area contributed by atoms with Gasteiger partial charge in [-0.05, 0) is 0 Å². The Bertz CT molecular complexity index is 77.0. The van der Waals surface area contributed by atoms with Crippen molar-refractivity contribution in [1.82, 2.24) is 0 Å². The van der Waals surface area contributed by atoms with E-state index in [9.17, 15) is 9.59 Å². The van der Waals surface area contributed by atoms with Crippen molar-refractivity contribution in [1.29, 1.82) is 0 Å². The largest absolute Gasteiger partial charge is 0.506 e. The lowest BCUT2D eigenvalue weighted by molar-refractivity contribution is -0.136. The van der Waals surface area contributed by atoms with Crippen molar-refractivity contribution in [3.8, 4) is 0 Å². The summed E-state index contributed by atoms with van der Waals surface area (Å²) in [5.74, 6) is -0.955. The number of carbonyl (C=O) groups excluding carboxylic acids is 1. The van der Waals surface area contributed by atoms with Crippen molar-refractivity contribution in [3.63, 3.8) is 0 Å². The van der Waals surface area contributed by atoms with Gasteiger partial charge in [0.25, 0.3) is 0 Å². The molecule has 0 heterocycles. The summed E-state index contributed by atoms with van der Waals surface area (Å²) in [4.78, 5) is 18.9. The molecule has 0 aliphatic rings. The molecule has 0 rings (SSSR count). The van der Waals surface area contributed by atoms with Crippen LogP contribution in [0.5, 0.6) is 0 Å². The minimum Gasteiger partial charge on any atom is -0.481 e. The quantitative estimate of drug-likeness (QED) is 0.507. The second-order valence-corrected chi connectivity index (χ2v) is 1.04. The number of hydrogen-bond donors (Lipinski definition) is 1. The summed E-state index contributed by atoms with van der Waals surface area (Å²) in [5.41, 5.74) is 0. The van der Waals surface area contributed by atoms with E-state index in [2.05, 4.69) is 0 Å². The molecule has 0 aromatic carbocycles. The average molecular weight is 101 g/mol. The Hall–Kier alpha value is -0.950. The number of carboxylic acid groups (broad SMARTS) is 1. The number of aliphatic carboxylic acids is 1. The van der Waals surface area contributed by atoms with Crippen molar-refractivity contribution >= 4 is 12.3 Å². The SMILES string of the molecule is O=[C+]CCC(=O)O. The smallest absolute Gasteiger partial charge is 0.481 e. The molecule has 0 aliphatic carbocycles. The predicted octanol–water partition coefficient (Wildman–Crippen LogP) is -0.0391. The highest BCUT2D eigenvalue weighted by molar-refractivity contribution is 5.70. The van der Waals surface area contributed by atoms with E-state index >= 15 is 0 Å². The Balaban J connectivity index is 2.97. The van der Waals surface area contributed by atoms with Crippen molar-refractivity contribution in [2.45, 2.75) is 12.8 Å². The molecule has 0 aromatic rings. The molecular formula is C4H5O3+. The van der Waals surface area contributed by atoms with E-state index in [1.54, 1.807) is 0 Å². The molecule has 0 unspecified atom stereocenters. The van der Waals surface area contributed by atoms with Gasteiger partial charge in [0.2, 0.25) is 6.42 Å². The van der Waals surface area contributed by atoms with Crippen LogP contribution in [-0.2, 0) is 9.59 Å². The van der Waals surface area contributed by atoms with Crippen molar-refractivity contribution in [2.75, 3.05) is 0 Å². The maximum absolute atomic E-state index is 9.58. The molecule has 0 atom stereocenters. The van der Waals surface area contributed by atoms with Gasteiger partial charge in [-0.2, -0.15) is 0 Å². The van der Waals surface area contributed by atoms with E-state index in [0.29, 0.717) is 0 Å². The van der Waals surface area contributed by atoms with Gasteiger partial charge >= 0.3 is 12.3 Å². The lowest BCUT2D eigenvalue weighted by atomic mass is 10.3. The Kier molecular flexibility index (Phi) is 2.81. The fourth-order valence-electron chi connectivity index (χ4n) is 0.158. The number of rotatable bonds is 3. The number of carbonyl (C=O) groups is 1. The topological polar surface area (TPSA) is 54.4 Å². The van der Waals surface area contributed by atoms with Crippen molar-refractivity contribution in [2.24, 2.45) is 0 Å². The van der Waals surface area contributed by atoms with Crippen molar-refractivity contribution in [3.05, 3.63) is 0 Å². The summed E-state index contributed by atoms with van der Waals surface area (Å²) in [6, 6.07) is 0. The van der Waals surface area contributed by atoms with E-state index in [1.165, 1.54) is 6.29 Å². The molecule has 0 bridgehead atoms. The lowest BCUT2D eigenvalue weighted by Crippen LogP contribution is -1.93. The summed E-state index contributed by atoms with van der Waals surface area (Å²) < 4.78 is 0. The van der Waals surface area contributed by atoms with E-state index in [-0.39, 0.29) is 12.8 Å². The highest BCUT2D eigenvalue weighted by Gasteiger charge is 2.02. The van der Waals surface area contributed by atoms with Gasteiger partial charge in [0, 0.05) is 4.79 Å². The molecule has 1 N–H and O–H groups in total. The highest BCUT2D eigenvalue weighted by atomic mass is 16.4. The zero-order valence-corrected chi connectivity index (χ0v) is 3.68. The van der Waals surface area contributed by atoms with Crippen LogP contribution >= 0.6 is 0 Å². The lowest BCUT2D eigenvalue weighted by Gasteiger charge is -1.72. The average Bonchev–Trinajstić information content (AvgIpc) is 1.61. The summed E-state index contributed by atoms with van der Waals surface area (Å²) in [6.07, 6.45) is 1.36. The van der Waals surface area contributed by atoms with Crippen LogP contribution in [0.4, 0.5) is 0 Å². The van der Waals surface area contributed by atoms with Crippen LogP contribution in [0.2, 0.25) is 0 Å². The third-order valence-electron chi connectivity index (χ3n) is 0.441. The highest BCUT2D eigenvalue weighted by Crippen LogP contribution is 1.80.